The van der Waals surface area contributed by atoms with E-state index in [4.69, 9.17) is 5.11 Å². The molecule has 2 N–H and O–H groups in total. The molecule has 0 radical (unpaired) electrons. The van der Waals surface area contributed by atoms with Gasteiger partial charge in [0.2, 0.25) is 0 Å². The second-order valence-corrected chi connectivity index (χ2v) is 4.10. The zero-order valence-electron chi connectivity index (χ0n) is 11.0. The normalized spacial score (nSPS) is 11.2. The van der Waals surface area contributed by atoms with Crippen LogP contribution in [0.1, 0.15) is 20.3 Å². The Labute approximate surface area is 111 Å². The van der Waals surface area contributed by atoms with Crippen LogP contribution < -0.4 is 4.90 Å². The van der Waals surface area contributed by atoms with Gasteiger partial charge in [0.1, 0.15) is 12.3 Å². The zero-order chi connectivity index (χ0) is 14.4. The fourth-order valence-electron chi connectivity index (χ4n) is 1.65. The first-order chi connectivity index (χ1) is 8.95. The number of allylic oxidation sites excluding steroid dienone is 1. The van der Waals surface area contributed by atoms with Gasteiger partial charge in [-0.1, -0.05) is 13.0 Å². The van der Waals surface area contributed by atoms with E-state index in [1.807, 2.05) is 6.92 Å². The molecule has 1 amide bonds. The van der Waals surface area contributed by atoms with Crippen LogP contribution in [-0.4, -0.2) is 28.6 Å². The van der Waals surface area contributed by atoms with Gasteiger partial charge in [-0.15, -0.1) is 0 Å². The summed E-state index contributed by atoms with van der Waals surface area (Å²) in [5.41, 5.74) is 0.936. The SMILES string of the molecule is CC/C=C(\C)C(=O)N(CC(=O)O)c1ccc(O)cc1. The van der Waals surface area contributed by atoms with E-state index in [9.17, 15) is 14.7 Å². The predicted molar refractivity (Wildman–Crippen MR) is 72.1 cm³/mol. The highest BCUT2D eigenvalue weighted by Gasteiger charge is 2.19. The average Bonchev–Trinajstić information content (AvgIpc) is 2.36. The van der Waals surface area contributed by atoms with Gasteiger partial charge in [0.15, 0.2) is 0 Å². The zero-order valence-corrected chi connectivity index (χ0v) is 11.0. The van der Waals surface area contributed by atoms with Crippen LogP contribution in [0, 0.1) is 0 Å². The number of amides is 1. The number of aromatic hydroxyl groups is 1. The second-order valence-electron chi connectivity index (χ2n) is 4.10. The summed E-state index contributed by atoms with van der Waals surface area (Å²) in [6.07, 6.45) is 2.45. The molecule has 0 bridgehead atoms. The molecule has 19 heavy (non-hydrogen) atoms. The Morgan fingerprint density at radius 1 is 1.26 bits per heavy atom. The van der Waals surface area contributed by atoms with Crippen molar-refractivity contribution in [3.8, 4) is 5.75 Å². The molecule has 0 aliphatic carbocycles. The van der Waals surface area contributed by atoms with Crippen molar-refractivity contribution in [2.24, 2.45) is 0 Å². The number of nitrogens with zero attached hydrogens (tertiary/aromatic N) is 1. The Hall–Kier alpha value is -2.30. The summed E-state index contributed by atoms with van der Waals surface area (Å²) in [5.74, 6) is -1.38. The van der Waals surface area contributed by atoms with Crippen LogP contribution in [0.15, 0.2) is 35.9 Å². The quantitative estimate of drug-likeness (QED) is 0.798. The Bertz CT molecular complexity index is 491. The van der Waals surface area contributed by atoms with Crippen LogP contribution in [0.4, 0.5) is 5.69 Å². The Morgan fingerprint density at radius 2 is 1.84 bits per heavy atom. The number of carboxylic acid groups (broad SMARTS) is 1. The summed E-state index contributed by atoms with van der Waals surface area (Å²) >= 11 is 0. The minimum absolute atomic E-state index is 0.0623. The molecular weight excluding hydrogens is 246 g/mol. The number of aliphatic carboxylic acids is 1. The third-order valence-electron chi connectivity index (χ3n) is 2.55. The van der Waals surface area contributed by atoms with Crippen molar-refractivity contribution in [3.63, 3.8) is 0 Å². The number of anilines is 1. The lowest BCUT2D eigenvalue weighted by molar-refractivity contribution is -0.136. The van der Waals surface area contributed by atoms with Crippen LogP contribution in [-0.2, 0) is 9.59 Å². The highest BCUT2D eigenvalue weighted by Crippen LogP contribution is 2.20. The summed E-state index contributed by atoms with van der Waals surface area (Å²) in [6.45, 7) is 3.14. The summed E-state index contributed by atoms with van der Waals surface area (Å²) < 4.78 is 0. The van der Waals surface area contributed by atoms with E-state index >= 15 is 0 Å². The highest BCUT2D eigenvalue weighted by atomic mass is 16.4. The number of carboxylic acids is 1. The molecule has 1 rings (SSSR count). The Morgan fingerprint density at radius 3 is 2.32 bits per heavy atom. The van der Waals surface area contributed by atoms with E-state index in [0.717, 1.165) is 0 Å². The molecule has 1 aromatic rings. The smallest absolute Gasteiger partial charge is 0.323 e. The third-order valence-corrected chi connectivity index (χ3v) is 2.55. The summed E-state index contributed by atoms with van der Waals surface area (Å²) in [6, 6.07) is 5.84. The minimum atomic E-state index is -1.09. The molecule has 0 spiro atoms. The number of hydrogen-bond acceptors (Lipinski definition) is 3. The second kappa shape index (κ2) is 6.58. The van der Waals surface area contributed by atoms with Crippen molar-refractivity contribution in [2.75, 3.05) is 11.4 Å². The molecular formula is C14H17NO4. The van der Waals surface area contributed by atoms with Gasteiger partial charge in [0.25, 0.3) is 5.91 Å². The topological polar surface area (TPSA) is 77.8 Å². The summed E-state index contributed by atoms with van der Waals surface area (Å²) in [7, 11) is 0. The fraction of sp³-hybridized carbons (Fsp3) is 0.286. The molecule has 0 heterocycles. The molecule has 0 unspecified atom stereocenters. The molecule has 0 saturated carbocycles. The standard InChI is InChI=1S/C14H17NO4/c1-3-4-10(2)14(19)15(9-13(17)18)11-5-7-12(16)8-6-11/h4-8,16H,3,9H2,1-2H3,(H,17,18)/b10-4+. The van der Waals surface area contributed by atoms with E-state index in [1.165, 1.54) is 29.2 Å². The van der Waals surface area contributed by atoms with Crippen molar-refractivity contribution >= 4 is 17.6 Å². The van der Waals surface area contributed by atoms with Crippen molar-refractivity contribution in [3.05, 3.63) is 35.9 Å². The number of benzene rings is 1. The van der Waals surface area contributed by atoms with E-state index in [0.29, 0.717) is 17.7 Å². The van der Waals surface area contributed by atoms with E-state index in [1.54, 1.807) is 13.0 Å². The first kappa shape index (κ1) is 14.8. The average molecular weight is 263 g/mol. The first-order valence-electron chi connectivity index (χ1n) is 5.95. The van der Waals surface area contributed by atoms with Crippen molar-refractivity contribution in [1.82, 2.24) is 0 Å². The maximum atomic E-state index is 12.2. The summed E-state index contributed by atoms with van der Waals surface area (Å²) in [4.78, 5) is 24.2. The Balaban J connectivity index is 3.07. The summed E-state index contributed by atoms with van der Waals surface area (Å²) in [5, 5.41) is 18.1. The van der Waals surface area contributed by atoms with Gasteiger partial charge in [0.05, 0.1) is 0 Å². The van der Waals surface area contributed by atoms with Gasteiger partial charge in [-0.25, -0.2) is 0 Å². The van der Waals surface area contributed by atoms with Crippen LogP contribution in [0.2, 0.25) is 0 Å². The van der Waals surface area contributed by atoms with E-state index in [-0.39, 0.29) is 11.7 Å². The van der Waals surface area contributed by atoms with Gasteiger partial charge >= 0.3 is 5.97 Å². The van der Waals surface area contributed by atoms with Gasteiger partial charge in [-0.05, 0) is 37.6 Å². The molecule has 5 heteroatoms. The number of rotatable bonds is 5. The lowest BCUT2D eigenvalue weighted by Gasteiger charge is -2.21. The van der Waals surface area contributed by atoms with Crippen LogP contribution in [0.5, 0.6) is 5.75 Å². The van der Waals surface area contributed by atoms with E-state index in [2.05, 4.69) is 0 Å². The maximum Gasteiger partial charge on any atom is 0.323 e. The number of phenols is 1. The predicted octanol–water partition coefficient (Wildman–Crippen LogP) is 2.17. The molecule has 1 aromatic carbocycles. The van der Waals surface area contributed by atoms with Gasteiger partial charge in [0, 0.05) is 11.3 Å². The van der Waals surface area contributed by atoms with Crippen LogP contribution in [0.3, 0.4) is 0 Å². The highest BCUT2D eigenvalue weighted by molar-refractivity contribution is 6.07. The van der Waals surface area contributed by atoms with Crippen molar-refractivity contribution in [1.29, 1.82) is 0 Å². The van der Waals surface area contributed by atoms with Crippen molar-refractivity contribution < 1.29 is 19.8 Å². The molecule has 0 aromatic heterocycles. The van der Waals surface area contributed by atoms with Gasteiger partial charge < -0.3 is 10.2 Å². The van der Waals surface area contributed by atoms with Crippen LogP contribution in [0.25, 0.3) is 0 Å². The number of phenolic OH excluding ortho intramolecular Hbond substituents is 1. The van der Waals surface area contributed by atoms with Crippen LogP contribution >= 0.6 is 0 Å². The van der Waals surface area contributed by atoms with E-state index < -0.39 is 12.5 Å². The molecule has 0 aliphatic heterocycles. The van der Waals surface area contributed by atoms with Crippen molar-refractivity contribution in [2.45, 2.75) is 20.3 Å². The molecule has 0 atom stereocenters. The largest absolute Gasteiger partial charge is 0.508 e. The molecule has 5 nitrogen and oxygen atoms in total. The third kappa shape index (κ3) is 4.13. The van der Waals surface area contributed by atoms with Gasteiger partial charge in [-0.2, -0.15) is 0 Å². The minimum Gasteiger partial charge on any atom is -0.508 e. The lowest BCUT2D eigenvalue weighted by Crippen LogP contribution is -2.36. The lowest BCUT2D eigenvalue weighted by atomic mass is 10.2. The molecule has 0 saturated heterocycles. The fourth-order valence-corrected chi connectivity index (χ4v) is 1.65. The Kier molecular flexibility index (Phi) is 5.11. The molecule has 102 valence electrons. The first-order valence-corrected chi connectivity index (χ1v) is 5.95. The molecule has 0 fully saturated rings. The monoisotopic (exact) mass is 263 g/mol. The molecule has 0 aliphatic rings. The number of hydrogen-bond donors (Lipinski definition) is 2. The maximum absolute atomic E-state index is 12.2. The number of carbonyl (C=O) groups excluding carboxylic acids is 1. The van der Waals surface area contributed by atoms with Gasteiger partial charge in [-0.3, -0.25) is 14.5 Å². The number of carbonyl (C=O) groups is 2.